The number of unbranched alkanes of at least 4 members (excludes halogenated alkanes) is 1. The molecule has 0 spiro atoms. The SMILES string of the molecule is CCCc1ccc(C(C)OC(=O)CCC(CCCCc2nc3ccccc3s2)C(=O)OC(C)c2ccc(CCC)cc2)cc1. The van der Waals surface area contributed by atoms with E-state index in [1.807, 2.05) is 56.3 Å². The van der Waals surface area contributed by atoms with Crippen molar-refractivity contribution in [1.82, 2.24) is 4.98 Å². The maximum Gasteiger partial charge on any atom is 0.309 e. The van der Waals surface area contributed by atoms with Crippen LogP contribution in [0.5, 0.6) is 0 Å². The van der Waals surface area contributed by atoms with Crippen LogP contribution in [0.3, 0.4) is 0 Å². The van der Waals surface area contributed by atoms with Crippen molar-refractivity contribution in [2.45, 2.75) is 104 Å². The van der Waals surface area contributed by atoms with Gasteiger partial charge in [0.15, 0.2) is 0 Å². The molecule has 1 aromatic heterocycles. The van der Waals surface area contributed by atoms with Crippen LogP contribution < -0.4 is 0 Å². The molecular weight excluding hydrogens is 566 g/mol. The van der Waals surface area contributed by atoms with E-state index in [-0.39, 0.29) is 36.5 Å². The average molecular weight is 614 g/mol. The summed E-state index contributed by atoms with van der Waals surface area (Å²) in [7, 11) is 0. The lowest BCUT2D eigenvalue weighted by Crippen LogP contribution is -2.21. The van der Waals surface area contributed by atoms with Crippen molar-refractivity contribution < 1.29 is 19.1 Å². The normalized spacial score (nSPS) is 13.4. The summed E-state index contributed by atoms with van der Waals surface area (Å²) < 4.78 is 12.9. The van der Waals surface area contributed by atoms with E-state index in [9.17, 15) is 9.59 Å². The molecule has 0 aliphatic carbocycles. The highest BCUT2D eigenvalue weighted by atomic mass is 32.1. The molecule has 6 heteroatoms. The van der Waals surface area contributed by atoms with Crippen LogP contribution in [0.15, 0.2) is 72.8 Å². The summed E-state index contributed by atoms with van der Waals surface area (Å²) in [6.07, 6.45) is 7.46. The predicted molar refractivity (Wildman–Crippen MR) is 180 cm³/mol. The van der Waals surface area contributed by atoms with E-state index in [2.05, 4.69) is 44.2 Å². The molecule has 0 amide bonds. The molecule has 0 aliphatic heterocycles. The zero-order valence-electron chi connectivity index (χ0n) is 26.7. The lowest BCUT2D eigenvalue weighted by molar-refractivity contribution is -0.155. The number of para-hydroxylation sites is 1. The van der Waals surface area contributed by atoms with Crippen molar-refractivity contribution in [2.75, 3.05) is 0 Å². The second kappa shape index (κ2) is 17.1. The Bertz CT molecular complexity index is 1430. The lowest BCUT2D eigenvalue weighted by Gasteiger charge is -2.20. The third-order valence-electron chi connectivity index (χ3n) is 8.14. The number of hydrogen-bond donors (Lipinski definition) is 0. The number of aryl methyl sites for hydroxylation is 3. The standard InChI is InChI=1S/C38H47NO4S/c1-5-11-29-17-21-31(22-18-29)27(3)42-37(40)26-25-33(13-7-10-16-36-39-34-14-8-9-15-35(34)44-36)38(41)43-28(4)32-23-19-30(12-6-2)20-24-32/h8-9,14-15,17-24,27-28,33H,5-7,10-13,16,25-26H2,1-4H3. The first-order valence-corrected chi connectivity index (χ1v) is 17.1. The quantitative estimate of drug-likeness (QED) is 0.0876. The number of rotatable bonds is 17. The summed E-state index contributed by atoms with van der Waals surface area (Å²) in [4.78, 5) is 31.1. The van der Waals surface area contributed by atoms with Gasteiger partial charge in [-0.25, -0.2) is 4.98 Å². The number of aromatic nitrogens is 1. The fourth-order valence-corrected chi connectivity index (χ4v) is 6.53. The van der Waals surface area contributed by atoms with Gasteiger partial charge in [-0.15, -0.1) is 11.3 Å². The van der Waals surface area contributed by atoms with Gasteiger partial charge in [-0.05, 0) is 86.8 Å². The van der Waals surface area contributed by atoms with Crippen LogP contribution in [0.1, 0.15) is 112 Å². The van der Waals surface area contributed by atoms with Crippen molar-refractivity contribution in [2.24, 2.45) is 5.92 Å². The fourth-order valence-electron chi connectivity index (χ4n) is 5.52. The molecule has 3 atom stereocenters. The highest BCUT2D eigenvalue weighted by Crippen LogP contribution is 2.27. The Morgan fingerprint density at radius 3 is 1.91 bits per heavy atom. The van der Waals surface area contributed by atoms with Gasteiger partial charge in [-0.1, -0.05) is 93.8 Å². The summed E-state index contributed by atoms with van der Waals surface area (Å²) in [5, 5.41) is 1.12. The first kappa shape index (κ1) is 33.4. The monoisotopic (exact) mass is 613 g/mol. The van der Waals surface area contributed by atoms with Crippen LogP contribution in [-0.2, 0) is 38.3 Å². The number of carbonyl (C=O) groups is 2. The first-order valence-electron chi connectivity index (χ1n) is 16.3. The van der Waals surface area contributed by atoms with E-state index >= 15 is 0 Å². The van der Waals surface area contributed by atoms with Gasteiger partial charge in [0.05, 0.1) is 21.1 Å². The number of ether oxygens (including phenoxy) is 2. The number of esters is 2. The van der Waals surface area contributed by atoms with E-state index < -0.39 is 0 Å². The highest BCUT2D eigenvalue weighted by molar-refractivity contribution is 7.18. The Morgan fingerprint density at radius 2 is 1.32 bits per heavy atom. The Morgan fingerprint density at radius 1 is 0.727 bits per heavy atom. The van der Waals surface area contributed by atoms with Crippen molar-refractivity contribution in [3.63, 3.8) is 0 Å². The van der Waals surface area contributed by atoms with E-state index in [4.69, 9.17) is 14.5 Å². The molecule has 4 aromatic rings. The molecule has 44 heavy (non-hydrogen) atoms. The topological polar surface area (TPSA) is 65.5 Å². The zero-order chi connectivity index (χ0) is 31.3. The van der Waals surface area contributed by atoms with Gasteiger partial charge >= 0.3 is 11.9 Å². The highest BCUT2D eigenvalue weighted by Gasteiger charge is 2.24. The number of benzene rings is 3. The minimum absolute atomic E-state index is 0.177. The second-order valence-electron chi connectivity index (χ2n) is 11.8. The van der Waals surface area contributed by atoms with E-state index in [0.717, 1.165) is 66.6 Å². The van der Waals surface area contributed by atoms with E-state index in [1.165, 1.54) is 15.8 Å². The van der Waals surface area contributed by atoms with Gasteiger partial charge in [0.2, 0.25) is 0 Å². The van der Waals surface area contributed by atoms with Crippen LogP contribution in [0, 0.1) is 5.92 Å². The Kier molecular flexibility index (Phi) is 13.0. The summed E-state index contributed by atoms with van der Waals surface area (Å²) in [6.45, 7) is 8.14. The number of thiazole rings is 1. The number of fused-ring (bicyclic) bond motifs is 1. The molecule has 0 bridgehead atoms. The molecule has 3 unspecified atom stereocenters. The van der Waals surface area contributed by atoms with Crippen molar-refractivity contribution in [1.29, 1.82) is 0 Å². The molecule has 234 valence electrons. The van der Waals surface area contributed by atoms with Crippen molar-refractivity contribution in [3.8, 4) is 0 Å². The molecule has 5 nitrogen and oxygen atoms in total. The summed E-state index contributed by atoms with van der Waals surface area (Å²) in [6, 6.07) is 24.8. The first-order chi connectivity index (χ1) is 21.4. The van der Waals surface area contributed by atoms with Gasteiger partial charge in [-0.3, -0.25) is 9.59 Å². The van der Waals surface area contributed by atoms with Crippen molar-refractivity contribution in [3.05, 3.63) is 100 Å². The van der Waals surface area contributed by atoms with Crippen LogP contribution in [-0.4, -0.2) is 16.9 Å². The van der Waals surface area contributed by atoms with Crippen LogP contribution in [0.25, 0.3) is 10.2 Å². The number of nitrogens with zero attached hydrogens (tertiary/aromatic N) is 1. The molecule has 3 aromatic carbocycles. The van der Waals surface area contributed by atoms with Gasteiger partial charge in [-0.2, -0.15) is 0 Å². The maximum absolute atomic E-state index is 13.4. The Hall–Kier alpha value is -3.51. The minimum atomic E-state index is -0.372. The predicted octanol–water partition coefficient (Wildman–Crippen LogP) is 9.92. The zero-order valence-corrected chi connectivity index (χ0v) is 27.5. The lowest BCUT2D eigenvalue weighted by atomic mass is 9.96. The molecular formula is C38H47NO4S. The molecule has 4 rings (SSSR count). The molecule has 0 N–H and O–H groups in total. The van der Waals surface area contributed by atoms with Crippen LogP contribution >= 0.6 is 11.3 Å². The molecule has 0 aliphatic rings. The molecule has 0 saturated carbocycles. The largest absolute Gasteiger partial charge is 0.458 e. The maximum atomic E-state index is 13.4. The summed E-state index contributed by atoms with van der Waals surface area (Å²) in [5.74, 6) is -0.909. The number of hydrogen-bond acceptors (Lipinski definition) is 6. The Labute approximate surface area is 267 Å². The average Bonchev–Trinajstić information content (AvgIpc) is 3.44. The van der Waals surface area contributed by atoms with Crippen LogP contribution in [0.2, 0.25) is 0 Å². The van der Waals surface area contributed by atoms with Gasteiger partial charge in [0, 0.05) is 6.42 Å². The molecule has 0 saturated heterocycles. The molecule has 1 heterocycles. The fraction of sp³-hybridized carbons (Fsp3) is 0.447. The minimum Gasteiger partial charge on any atom is -0.458 e. The van der Waals surface area contributed by atoms with Crippen LogP contribution in [0.4, 0.5) is 0 Å². The third-order valence-corrected chi connectivity index (χ3v) is 9.23. The smallest absolute Gasteiger partial charge is 0.309 e. The number of carbonyl (C=O) groups excluding carboxylic acids is 2. The van der Waals surface area contributed by atoms with Gasteiger partial charge in [0.1, 0.15) is 12.2 Å². The van der Waals surface area contributed by atoms with Crippen molar-refractivity contribution >= 4 is 33.5 Å². The van der Waals surface area contributed by atoms with E-state index in [1.54, 1.807) is 11.3 Å². The molecule has 0 radical (unpaired) electrons. The third kappa shape index (κ3) is 10.0. The summed E-state index contributed by atoms with van der Waals surface area (Å²) >= 11 is 1.73. The Balaban J connectivity index is 1.33. The van der Waals surface area contributed by atoms with E-state index in [0.29, 0.717) is 12.8 Å². The molecule has 0 fully saturated rings. The second-order valence-corrected chi connectivity index (χ2v) is 12.9. The summed E-state index contributed by atoms with van der Waals surface area (Å²) in [5.41, 5.74) is 5.56. The van der Waals surface area contributed by atoms with Gasteiger partial charge < -0.3 is 9.47 Å². The van der Waals surface area contributed by atoms with Gasteiger partial charge in [0.25, 0.3) is 0 Å².